The first-order valence-corrected chi connectivity index (χ1v) is 12.9. The Kier molecular flexibility index (Phi) is 6.44. The van der Waals surface area contributed by atoms with Gasteiger partial charge in [0.2, 0.25) is 6.19 Å². The average Bonchev–Trinajstić information content (AvgIpc) is 2.85. The molecule has 0 aromatic carbocycles. The third-order valence-electron chi connectivity index (χ3n) is 9.25. The molecule has 4 aliphatic carbocycles. The standard InChI is InChI=1S/C26H35F3N6O/c1-24(2,35-7-5-34(6-8-35)21-4-3-20(14-31-21)26(27,28)29)23(32-16-30)33-22-18-9-17-10-19(22)13-25(11-17,12-18)15-36/h3-4,14,17-19,22,36H,5-13,15H2,1-2H3,(H,32,33). The Labute approximate surface area is 210 Å². The van der Waals surface area contributed by atoms with Gasteiger partial charge in [0, 0.05) is 45.0 Å². The molecular weight excluding hydrogens is 469 g/mol. The van der Waals surface area contributed by atoms with E-state index in [1.807, 2.05) is 11.1 Å². The van der Waals surface area contributed by atoms with Crippen molar-refractivity contribution < 1.29 is 18.3 Å². The first-order chi connectivity index (χ1) is 17.0. The van der Waals surface area contributed by atoms with Gasteiger partial charge in [-0.2, -0.15) is 23.4 Å². The van der Waals surface area contributed by atoms with Crippen LogP contribution in [-0.2, 0) is 6.18 Å². The fourth-order valence-corrected chi connectivity index (χ4v) is 7.56. The highest BCUT2D eigenvalue weighted by Gasteiger charge is 2.55. The van der Waals surface area contributed by atoms with Crippen molar-refractivity contribution in [2.24, 2.45) is 28.2 Å². The number of rotatable bonds is 5. The molecule has 1 aliphatic heterocycles. The molecule has 1 saturated heterocycles. The first-order valence-electron chi connectivity index (χ1n) is 12.9. The Morgan fingerprint density at radius 1 is 1.17 bits per heavy atom. The van der Waals surface area contributed by atoms with E-state index >= 15 is 0 Å². The van der Waals surface area contributed by atoms with Crippen LogP contribution in [0.25, 0.3) is 0 Å². The summed E-state index contributed by atoms with van der Waals surface area (Å²) in [5.41, 5.74) is -1.16. The van der Waals surface area contributed by atoms with Crippen molar-refractivity contribution in [2.45, 2.75) is 63.7 Å². The minimum absolute atomic E-state index is 0.0827. The Balaban J connectivity index is 1.25. The number of aliphatic hydroxyl groups excluding tert-OH is 1. The van der Waals surface area contributed by atoms with Gasteiger partial charge >= 0.3 is 6.18 Å². The number of aliphatic hydroxyl groups is 1. The van der Waals surface area contributed by atoms with E-state index in [9.17, 15) is 23.5 Å². The van der Waals surface area contributed by atoms with E-state index in [1.54, 1.807) is 0 Å². The second kappa shape index (κ2) is 9.18. The zero-order chi connectivity index (χ0) is 25.7. The summed E-state index contributed by atoms with van der Waals surface area (Å²) in [6.07, 6.45) is 4.06. The Morgan fingerprint density at radius 2 is 1.83 bits per heavy atom. The van der Waals surface area contributed by atoms with Crippen molar-refractivity contribution in [1.29, 1.82) is 5.26 Å². The van der Waals surface area contributed by atoms with Crippen molar-refractivity contribution in [3.63, 3.8) is 0 Å². The molecule has 196 valence electrons. The van der Waals surface area contributed by atoms with E-state index in [4.69, 9.17) is 0 Å². The molecule has 0 amide bonds. The van der Waals surface area contributed by atoms with Gasteiger partial charge in [-0.25, -0.2) is 4.98 Å². The van der Waals surface area contributed by atoms with Crippen molar-refractivity contribution in [3.05, 3.63) is 23.9 Å². The summed E-state index contributed by atoms with van der Waals surface area (Å²) in [7, 11) is 0. The van der Waals surface area contributed by atoms with Crippen LogP contribution in [0.3, 0.4) is 0 Å². The minimum Gasteiger partial charge on any atom is -0.396 e. The molecule has 1 aromatic heterocycles. The highest BCUT2D eigenvalue weighted by molar-refractivity contribution is 5.92. The Bertz CT molecular complexity index is 1010. The van der Waals surface area contributed by atoms with Gasteiger partial charge in [0.25, 0.3) is 0 Å². The van der Waals surface area contributed by atoms with Gasteiger partial charge in [0.05, 0.1) is 11.1 Å². The zero-order valence-electron chi connectivity index (χ0n) is 20.9. The number of aromatic nitrogens is 1. The third-order valence-corrected chi connectivity index (χ3v) is 9.25. The number of piperazine rings is 1. The average molecular weight is 505 g/mol. The van der Waals surface area contributed by atoms with Gasteiger partial charge in [-0.3, -0.25) is 4.90 Å². The molecule has 1 aromatic rings. The number of hydrogen-bond acceptors (Lipinski definition) is 6. The van der Waals surface area contributed by atoms with E-state index in [2.05, 4.69) is 34.0 Å². The predicted molar refractivity (Wildman–Crippen MR) is 130 cm³/mol. The van der Waals surface area contributed by atoms with Gasteiger partial charge in [0.1, 0.15) is 11.7 Å². The molecule has 2 unspecified atom stereocenters. The van der Waals surface area contributed by atoms with Crippen molar-refractivity contribution in [1.82, 2.24) is 15.2 Å². The largest absolute Gasteiger partial charge is 0.417 e. The van der Waals surface area contributed by atoms with Gasteiger partial charge in [-0.15, -0.1) is 0 Å². The van der Waals surface area contributed by atoms with E-state index < -0.39 is 17.3 Å². The van der Waals surface area contributed by atoms with Crippen LogP contribution < -0.4 is 10.2 Å². The Morgan fingerprint density at radius 3 is 2.36 bits per heavy atom. The van der Waals surface area contributed by atoms with E-state index in [0.717, 1.165) is 31.5 Å². The second-order valence-corrected chi connectivity index (χ2v) is 11.8. The number of halogens is 3. The third kappa shape index (κ3) is 4.56. The molecule has 2 heterocycles. The van der Waals surface area contributed by atoms with Crippen LogP contribution in [0.2, 0.25) is 0 Å². The summed E-state index contributed by atoms with van der Waals surface area (Å²) in [6, 6.07) is 2.77. The number of aliphatic imine (C=N–C) groups is 1. The molecule has 4 bridgehead atoms. The minimum atomic E-state index is -4.40. The van der Waals surface area contributed by atoms with Crippen LogP contribution in [0, 0.1) is 34.6 Å². The lowest BCUT2D eigenvalue weighted by atomic mass is 9.48. The highest BCUT2D eigenvalue weighted by Crippen LogP contribution is 2.59. The molecule has 2 atom stereocenters. The van der Waals surface area contributed by atoms with Crippen LogP contribution in [0.15, 0.2) is 23.3 Å². The van der Waals surface area contributed by atoms with Crippen LogP contribution in [0.1, 0.15) is 51.5 Å². The number of nitriles is 1. The number of nitrogens with one attached hydrogen (secondary N) is 1. The lowest BCUT2D eigenvalue weighted by Gasteiger charge is -2.60. The van der Waals surface area contributed by atoms with Crippen molar-refractivity contribution in [3.8, 4) is 6.19 Å². The van der Waals surface area contributed by atoms with Crippen LogP contribution in [0.4, 0.5) is 19.0 Å². The molecule has 2 N–H and O–H groups in total. The van der Waals surface area contributed by atoms with Gasteiger partial charge in [-0.1, -0.05) is 0 Å². The maximum absolute atomic E-state index is 12.9. The number of hydrogen-bond donors (Lipinski definition) is 2. The van der Waals surface area contributed by atoms with Crippen LogP contribution >= 0.6 is 0 Å². The SMILES string of the molecule is CC(C)(/C(=N\C#N)NC1C2CC3CC1CC(CO)(C3)C2)N1CCN(c2ccc(C(F)(F)F)cn2)CC1. The molecule has 5 aliphatic rings. The second-order valence-electron chi connectivity index (χ2n) is 11.8. The highest BCUT2D eigenvalue weighted by atomic mass is 19.4. The molecule has 6 rings (SSSR count). The van der Waals surface area contributed by atoms with Crippen LogP contribution in [0.5, 0.6) is 0 Å². The summed E-state index contributed by atoms with van der Waals surface area (Å²) in [5, 5.41) is 23.3. The summed E-state index contributed by atoms with van der Waals surface area (Å²) in [6.45, 7) is 7.02. The molecular formula is C26H35F3N6O. The summed E-state index contributed by atoms with van der Waals surface area (Å²) < 4.78 is 38.6. The van der Waals surface area contributed by atoms with Crippen molar-refractivity contribution in [2.75, 3.05) is 37.7 Å². The van der Waals surface area contributed by atoms with Crippen molar-refractivity contribution >= 4 is 11.7 Å². The molecule has 0 radical (unpaired) electrons. The van der Waals surface area contributed by atoms with Crippen LogP contribution in [-0.4, -0.2) is 65.2 Å². The zero-order valence-corrected chi connectivity index (χ0v) is 20.9. The summed E-state index contributed by atoms with van der Waals surface area (Å²) >= 11 is 0. The smallest absolute Gasteiger partial charge is 0.396 e. The predicted octanol–water partition coefficient (Wildman–Crippen LogP) is 3.66. The number of amidine groups is 1. The van der Waals surface area contributed by atoms with Gasteiger partial charge in [0.15, 0.2) is 0 Å². The normalized spacial score (nSPS) is 33.0. The molecule has 10 heteroatoms. The van der Waals surface area contributed by atoms with Gasteiger partial charge in [-0.05, 0) is 81.3 Å². The topological polar surface area (TPSA) is 87.8 Å². The molecule has 4 saturated carbocycles. The summed E-state index contributed by atoms with van der Waals surface area (Å²) in [4.78, 5) is 12.6. The molecule has 5 fully saturated rings. The fourth-order valence-electron chi connectivity index (χ4n) is 7.56. The fraction of sp³-hybridized carbons (Fsp3) is 0.731. The summed E-state index contributed by atoms with van der Waals surface area (Å²) in [5.74, 6) is 2.90. The first kappa shape index (κ1) is 25.3. The maximum atomic E-state index is 12.9. The van der Waals surface area contributed by atoms with E-state index in [1.165, 1.54) is 18.9 Å². The molecule has 7 nitrogen and oxygen atoms in total. The Hall–Kier alpha value is -2.38. The number of pyridine rings is 1. The molecule has 36 heavy (non-hydrogen) atoms. The lowest BCUT2D eigenvalue weighted by molar-refractivity contribution is -0.137. The van der Waals surface area contributed by atoms with E-state index in [-0.39, 0.29) is 18.1 Å². The van der Waals surface area contributed by atoms with Gasteiger partial charge < -0.3 is 15.3 Å². The number of nitrogens with zero attached hydrogens (tertiary/aromatic N) is 5. The lowest BCUT2D eigenvalue weighted by Crippen LogP contribution is -2.65. The number of alkyl halides is 3. The monoisotopic (exact) mass is 504 g/mol. The van der Waals surface area contributed by atoms with E-state index in [0.29, 0.717) is 55.6 Å². The molecule has 0 spiro atoms. The maximum Gasteiger partial charge on any atom is 0.417 e. The number of anilines is 1. The quantitative estimate of drug-likeness (QED) is 0.362.